The first-order chi connectivity index (χ1) is 27.8. The molecule has 2 N–H and O–H groups in total. The first kappa shape index (κ1) is 49.9. The van der Waals surface area contributed by atoms with E-state index in [2.05, 4.69) is 17.6 Å². The molecule has 0 saturated carbocycles. The molecule has 0 unspecified atom stereocenters. The number of carbonyl (C=O) groups excluding carboxylic acids is 6. The highest BCUT2D eigenvalue weighted by atomic mass is 16.7. The summed E-state index contributed by atoms with van der Waals surface area (Å²) in [5.74, 6) is -4.21. The average Bonchev–Trinajstić information content (AvgIpc) is 3.18. The SMILES string of the molecule is CCCCCCCCCCCCCCCCCCOc1ccc(CC(C(=O)NC)(C(=O)NC)[C@@H]2O[C@H](COC(C)=O)[C@H](OC(C)=O)[C@H](OC(C)=O)[C@H]2OC(C)=O)cc1. The molecule has 1 aliphatic heterocycles. The van der Waals surface area contributed by atoms with Gasteiger partial charge in [0.15, 0.2) is 23.7 Å². The largest absolute Gasteiger partial charge is 0.494 e. The lowest BCUT2D eigenvalue weighted by atomic mass is 9.70. The van der Waals surface area contributed by atoms with Crippen molar-refractivity contribution in [1.29, 1.82) is 0 Å². The van der Waals surface area contributed by atoms with Crippen LogP contribution < -0.4 is 15.4 Å². The Hall–Kier alpha value is -4.20. The fourth-order valence-corrected chi connectivity index (χ4v) is 7.56. The fourth-order valence-electron chi connectivity index (χ4n) is 7.56. The summed E-state index contributed by atoms with van der Waals surface area (Å²) in [6.45, 7) is 6.73. The van der Waals surface area contributed by atoms with Crippen LogP contribution in [0.2, 0.25) is 0 Å². The number of unbranched alkanes of at least 4 members (excludes halogenated alkanes) is 15. The summed E-state index contributed by atoms with van der Waals surface area (Å²) < 4.78 is 34.3. The van der Waals surface area contributed by atoms with Crippen LogP contribution in [0.25, 0.3) is 0 Å². The number of rotatable bonds is 28. The van der Waals surface area contributed by atoms with Crippen molar-refractivity contribution in [1.82, 2.24) is 10.6 Å². The van der Waals surface area contributed by atoms with Gasteiger partial charge in [-0.05, 0) is 30.5 Å². The Morgan fingerprint density at radius 3 is 1.45 bits per heavy atom. The van der Waals surface area contributed by atoms with Crippen LogP contribution in [-0.4, -0.2) is 93.5 Å². The van der Waals surface area contributed by atoms with Gasteiger partial charge in [-0.3, -0.25) is 28.8 Å². The maximum atomic E-state index is 14.1. The van der Waals surface area contributed by atoms with Gasteiger partial charge in [0.2, 0.25) is 11.8 Å². The summed E-state index contributed by atoms with van der Waals surface area (Å²) in [4.78, 5) is 77.3. The maximum Gasteiger partial charge on any atom is 0.303 e. The van der Waals surface area contributed by atoms with Gasteiger partial charge in [0.1, 0.15) is 24.6 Å². The number of hydrogen-bond donors (Lipinski definition) is 2. The Balaban J connectivity index is 2.14. The van der Waals surface area contributed by atoms with Gasteiger partial charge in [0.25, 0.3) is 0 Å². The van der Waals surface area contributed by atoms with Crippen LogP contribution in [-0.2, 0) is 58.9 Å². The molecule has 2 amide bonds. The summed E-state index contributed by atoms with van der Waals surface area (Å²) in [5, 5.41) is 5.08. The number of benzene rings is 1. The van der Waals surface area contributed by atoms with Crippen molar-refractivity contribution in [2.45, 2.75) is 174 Å². The number of ether oxygens (including phenoxy) is 6. The average molecular weight is 819 g/mol. The molecule has 1 aromatic carbocycles. The lowest BCUT2D eigenvalue weighted by molar-refractivity contribution is -0.267. The molecule has 1 aliphatic rings. The van der Waals surface area contributed by atoms with Gasteiger partial charge in [-0.15, -0.1) is 0 Å². The molecule has 58 heavy (non-hydrogen) atoms. The number of nitrogens with one attached hydrogen (secondary N) is 2. The third kappa shape index (κ3) is 17.0. The minimum Gasteiger partial charge on any atom is -0.494 e. The van der Waals surface area contributed by atoms with Gasteiger partial charge in [-0.25, -0.2) is 0 Å². The van der Waals surface area contributed by atoms with Crippen molar-refractivity contribution in [3.8, 4) is 5.75 Å². The van der Waals surface area contributed by atoms with Crippen LogP contribution in [0.3, 0.4) is 0 Å². The summed E-state index contributed by atoms with van der Waals surface area (Å²) in [5.41, 5.74) is -1.65. The van der Waals surface area contributed by atoms with E-state index in [1.165, 1.54) is 104 Å². The molecule has 2 rings (SSSR count). The van der Waals surface area contributed by atoms with Gasteiger partial charge in [-0.2, -0.15) is 0 Å². The lowest BCUT2D eigenvalue weighted by Crippen LogP contribution is -2.71. The molecule has 1 heterocycles. The Kier molecular flexibility index (Phi) is 23.7. The highest BCUT2D eigenvalue weighted by molar-refractivity contribution is 6.06. The second-order valence-electron chi connectivity index (χ2n) is 15.2. The second-order valence-corrected chi connectivity index (χ2v) is 15.2. The zero-order valence-corrected chi connectivity index (χ0v) is 36.0. The Morgan fingerprint density at radius 2 is 1.02 bits per heavy atom. The second kappa shape index (κ2) is 27.5. The van der Waals surface area contributed by atoms with Gasteiger partial charge >= 0.3 is 23.9 Å². The molecule has 0 spiro atoms. The molecule has 5 atom stereocenters. The van der Waals surface area contributed by atoms with Gasteiger partial charge in [0, 0.05) is 41.8 Å². The topological polar surface area (TPSA) is 182 Å². The smallest absolute Gasteiger partial charge is 0.303 e. The molecule has 1 saturated heterocycles. The number of carbonyl (C=O) groups is 6. The molecule has 1 fully saturated rings. The molecule has 1 aromatic rings. The molecule has 14 nitrogen and oxygen atoms in total. The molecular weight excluding hydrogens is 748 g/mol. The van der Waals surface area contributed by atoms with E-state index in [1.54, 1.807) is 24.3 Å². The quantitative estimate of drug-likeness (QED) is 0.0408. The first-order valence-electron chi connectivity index (χ1n) is 21.3. The zero-order chi connectivity index (χ0) is 42.9. The van der Waals surface area contributed by atoms with Crippen LogP contribution in [0.4, 0.5) is 0 Å². The van der Waals surface area contributed by atoms with E-state index >= 15 is 0 Å². The molecular formula is C44H70N2O12. The molecule has 0 radical (unpaired) electrons. The van der Waals surface area contributed by atoms with Crippen LogP contribution in [0.1, 0.15) is 143 Å². The maximum absolute atomic E-state index is 14.1. The molecule has 0 aromatic heterocycles. The van der Waals surface area contributed by atoms with Crippen molar-refractivity contribution in [2.24, 2.45) is 5.41 Å². The van der Waals surface area contributed by atoms with E-state index in [0.29, 0.717) is 17.9 Å². The van der Waals surface area contributed by atoms with E-state index in [-0.39, 0.29) is 6.42 Å². The normalized spacial score (nSPS) is 19.1. The molecule has 328 valence electrons. The minimum atomic E-state index is -2.17. The third-order valence-corrected chi connectivity index (χ3v) is 10.4. The van der Waals surface area contributed by atoms with Gasteiger partial charge in [0.05, 0.1) is 6.61 Å². The Morgan fingerprint density at radius 1 is 0.586 bits per heavy atom. The minimum absolute atomic E-state index is 0.278. The van der Waals surface area contributed by atoms with Crippen molar-refractivity contribution in [3.05, 3.63) is 29.8 Å². The summed E-state index contributed by atoms with van der Waals surface area (Å²) in [6.07, 6.45) is 12.6. The molecule has 14 heteroatoms. The van der Waals surface area contributed by atoms with Crippen LogP contribution >= 0.6 is 0 Å². The standard InChI is InChI=1S/C44H70N2O12/c1-8-9-10-11-12-13-14-15-16-17-18-19-20-21-22-23-28-53-36-26-24-35(25-27-36)29-44(42(51)45-6,43(52)46-7)41-40(57-34(5)50)39(56-33(4)49)38(55-32(3)48)37(58-41)30-54-31(2)47/h24-27,37-41H,8-23,28-30H2,1-7H3,(H,45,51)(H,46,52)/t37-,38+,39+,40-,41-/m1/s1. The van der Waals surface area contributed by atoms with Gasteiger partial charge in [-0.1, -0.05) is 115 Å². The third-order valence-electron chi connectivity index (χ3n) is 10.4. The first-order valence-corrected chi connectivity index (χ1v) is 21.3. The molecule has 0 aliphatic carbocycles. The summed E-state index contributed by atoms with van der Waals surface area (Å²) >= 11 is 0. The van der Waals surface area contributed by atoms with Crippen molar-refractivity contribution in [3.63, 3.8) is 0 Å². The van der Waals surface area contributed by atoms with E-state index in [4.69, 9.17) is 28.4 Å². The van der Waals surface area contributed by atoms with Gasteiger partial charge < -0.3 is 39.1 Å². The molecule has 0 bridgehead atoms. The van der Waals surface area contributed by atoms with Crippen LogP contribution in [0.15, 0.2) is 24.3 Å². The van der Waals surface area contributed by atoms with E-state index in [9.17, 15) is 28.8 Å². The predicted molar refractivity (Wildman–Crippen MR) is 218 cm³/mol. The predicted octanol–water partition coefficient (Wildman–Crippen LogP) is 6.47. The fraction of sp³-hybridized carbons (Fsp3) is 0.727. The van der Waals surface area contributed by atoms with E-state index < -0.39 is 78.2 Å². The van der Waals surface area contributed by atoms with Crippen molar-refractivity contribution in [2.75, 3.05) is 27.3 Å². The van der Waals surface area contributed by atoms with E-state index in [0.717, 1.165) is 40.5 Å². The monoisotopic (exact) mass is 818 g/mol. The number of hydrogen-bond acceptors (Lipinski definition) is 12. The van der Waals surface area contributed by atoms with Crippen molar-refractivity contribution >= 4 is 35.7 Å². The van der Waals surface area contributed by atoms with Crippen LogP contribution in [0, 0.1) is 5.41 Å². The Labute approximate surface area is 345 Å². The number of esters is 4. The Bertz CT molecular complexity index is 1400. The highest BCUT2D eigenvalue weighted by Crippen LogP contribution is 2.41. The van der Waals surface area contributed by atoms with E-state index in [1.807, 2.05) is 0 Å². The zero-order valence-electron chi connectivity index (χ0n) is 36.0. The summed E-state index contributed by atoms with van der Waals surface area (Å²) in [7, 11) is 2.67. The lowest BCUT2D eigenvalue weighted by Gasteiger charge is -2.49. The highest BCUT2D eigenvalue weighted by Gasteiger charge is 2.63. The number of amides is 2. The van der Waals surface area contributed by atoms with Crippen molar-refractivity contribution < 1.29 is 57.2 Å². The van der Waals surface area contributed by atoms with Crippen LogP contribution in [0.5, 0.6) is 5.75 Å². The summed E-state index contributed by atoms with van der Waals surface area (Å²) in [6, 6.07) is 6.92.